The van der Waals surface area contributed by atoms with E-state index in [9.17, 15) is 4.79 Å². The molecule has 1 fully saturated rings. The summed E-state index contributed by atoms with van der Waals surface area (Å²) >= 11 is 1.89. The molecule has 1 unspecified atom stereocenters. The number of hydrogen-bond acceptors (Lipinski definition) is 5. The van der Waals surface area contributed by atoms with E-state index in [1.807, 2.05) is 18.0 Å². The summed E-state index contributed by atoms with van der Waals surface area (Å²) in [6.07, 6.45) is 2.33. The van der Waals surface area contributed by atoms with Gasteiger partial charge < -0.3 is 15.4 Å². The van der Waals surface area contributed by atoms with E-state index in [0.29, 0.717) is 25.4 Å². The standard InChI is InChI=1S/C12H20N4O2S/c1-18-6-5-16-4-2-11(15-16)14-12(17)8-10-9-19-7-3-13-10/h2,4,10,13H,3,5-9H2,1H3,(H,14,15,17). The highest BCUT2D eigenvalue weighted by molar-refractivity contribution is 7.99. The molecule has 7 heteroatoms. The molecule has 2 heterocycles. The van der Waals surface area contributed by atoms with Crippen LogP contribution in [-0.4, -0.2) is 53.5 Å². The molecule has 19 heavy (non-hydrogen) atoms. The normalized spacial score (nSPS) is 19.3. The summed E-state index contributed by atoms with van der Waals surface area (Å²) < 4.78 is 6.74. The number of rotatable bonds is 6. The lowest BCUT2D eigenvalue weighted by Gasteiger charge is -2.22. The van der Waals surface area contributed by atoms with Crippen LogP contribution in [0.4, 0.5) is 5.82 Å². The van der Waals surface area contributed by atoms with Crippen LogP contribution in [0.3, 0.4) is 0 Å². The largest absolute Gasteiger partial charge is 0.383 e. The monoisotopic (exact) mass is 284 g/mol. The van der Waals surface area contributed by atoms with E-state index >= 15 is 0 Å². The maximum absolute atomic E-state index is 11.9. The number of hydrogen-bond donors (Lipinski definition) is 2. The van der Waals surface area contributed by atoms with Crippen molar-refractivity contribution < 1.29 is 9.53 Å². The van der Waals surface area contributed by atoms with Gasteiger partial charge in [-0.1, -0.05) is 0 Å². The van der Waals surface area contributed by atoms with Gasteiger partial charge in [0.2, 0.25) is 5.91 Å². The zero-order chi connectivity index (χ0) is 13.5. The Labute approximate surface area is 117 Å². The number of anilines is 1. The molecule has 6 nitrogen and oxygen atoms in total. The number of amides is 1. The Morgan fingerprint density at radius 1 is 1.74 bits per heavy atom. The lowest BCUT2D eigenvalue weighted by atomic mass is 10.2. The Morgan fingerprint density at radius 3 is 3.37 bits per heavy atom. The summed E-state index contributed by atoms with van der Waals surface area (Å²) in [6.45, 7) is 2.28. The third-order valence-corrected chi connectivity index (χ3v) is 3.99. The molecule has 0 aliphatic carbocycles. The van der Waals surface area contributed by atoms with Crippen molar-refractivity contribution >= 4 is 23.5 Å². The summed E-state index contributed by atoms with van der Waals surface area (Å²) in [5.41, 5.74) is 0. The highest BCUT2D eigenvalue weighted by Gasteiger charge is 2.17. The highest BCUT2D eigenvalue weighted by atomic mass is 32.2. The van der Waals surface area contributed by atoms with Crippen molar-refractivity contribution in [1.29, 1.82) is 0 Å². The van der Waals surface area contributed by atoms with Crippen molar-refractivity contribution in [1.82, 2.24) is 15.1 Å². The summed E-state index contributed by atoms with van der Waals surface area (Å²) in [4.78, 5) is 11.9. The van der Waals surface area contributed by atoms with Crippen LogP contribution < -0.4 is 10.6 Å². The van der Waals surface area contributed by atoms with E-state index in [1.54, 1.807) is 17.9 Å². The zero-order valence-corrected chi connectivity index (χ0v) is 11.9. The first-order chi connectivity index (χ1) is 9.28. The van der Waals surface area contributed by atoms with Gasteiger partial charge in [-0.25, -0.2) is 0 Å². The molecular formula is C12H20N4O2S. The van der Waals surface area contributed by atoms with E-state index in [1.165, 1.54) is 0 Å². The second-order valence-corrected chi connectivity index (χ2v) is 5.58. The van der Waals surface area contributed by atoms with E-state index in [0.717, 1.165) is 18.1 Å². The van der Waals surface area contributed by atoms with Gasteiger partial charge >= 0.3 is 0 Å². The molecule has 0 radical (unpaired) electrons. The molecule has 1 amide bonds. The number of thioether (sulfide) groups is 1. The molecule has 2 rings (SSSR count). The predicted molar refractivity (Wildman–Crippen MR) is 76.5 cm³/mol. The van der Waals surface area contributed by atoms with E-state index < -0.39 is 0 Å². The molecule has 1 saturated heterocycles. The van der Waals surface area contributed by atoms with Gasteiger partial charge in [0.1, 0.15) is 0 Å². The van der Waals surface area contributed by atoms with Crippen LogP contribution >= 0.6 is 11.8 Å². The maximum atomic E-state index is 11.9. The molecule has 2 N–H and O–H groups in total. The SMILES string of the molecule is COCCn1ccc(NC(=O)CC2CSCCN2)n1. The Hall–Kier alpha value is -1.05. The highest BCUT2D eigenvalue weighted by Crippen LogP contribution is 2.11. The molecule has 0 aromatic carbocycles. The average molecular weight is 284 g/mol. The molecule has 0 spiro atoms. The van der Waals surface area contributed by atoms with Gasteiger partial charge in [0.25, 0.3) is 0 Å². The van der Waals surface area contributed by atoms with Gasteiger partial charge in [-0.3, -0.25) is 9.48 Å². The zero-order valence-electron chi connectivity index (χ0n) is 11.1. The van der Waals surface area contributed by atoms with Gasteiger partial charge in [-0.15, -0.1) is 0 Å². The van der Waals surface area contributed by atoms with Crippen LogP contribution in [0.5, 0.6) is 0 Å². The van der Waals surface area contributed by atoms with Crippen molar-refractivity contribution in [2.75, 3.05) is 37.1 Å². The first kappa shape index (κ1) is 14.4. The third kappa shape index (κ3) is 4.85. The van der Waals surface area contributed by atoms with Gasteiger partial charge in [-0.2, -0.15) is 16.9 Å². The molecule has 1 aromatic heterocycles. The molecule has 1 aliphatic heterocycles. The summed E-state index contributed by atoms with van der Waals surface area (Å²) in [5.74, 6) is 2.74. The van der Waals surface area contributed by atoms with Crippen molar-refractivity contribution in [3.8, 4) is 0 Å². The molecule has 1 atom stereocenters. The number of aromatic nitrogens is 2. The van der Waals surface area contributed by atoms with Crippen LogP contribution in [0.2, 0.25) is 0 Å². The van der Waals surface area contributed by atoms with Crippen LogP contribution in [-0.2, 0) is 16.1 Å². The Balaban J connectivity index is 1.76. The first-order valence-corrected chi connectivity index (χ1v) is 7.57. The van der Waals surface area contributed by atoms with Gasteiger partial charge in [0.05, 0.1) is 13.2 Å². The van der Waals surface area contributed by atoms with E-state index in [4.69, 9.17) is 4.74 Å². The number of ether oxygens (including phenoxy) is 1. The fourth-order valence-electron chi connectivity index (χ4n) is 1.91. The Morgan fingerprint density at radius 2 is 2.63 bits per heavy atom. The summed E-state index contributed by atoms with van der Waals surface area (Å²) in [5, 5.41) is 10.4. The van der Waals surface area contributed by atoms with E-state index in [2.05, 4.69) is 15.7 Å². The molecule has 0 saturated carbocycles. The topological polar surface area (TPSA) is 68.2 Å². The fourth-order valence-corrected chi connectivity index (χ4v) is 2.86. The fraction of sp³-hybridized carbons (Fsp3) is 0.667. The maximum Gasteiger partial charge on any atom is 0.227 e. The van der Waals surface area contributed by atoms with Crippen LogP contribution in [0.25, 0.3) is 0 Å². The van der Waals surface area contributed by atoms with E-state index in [-0.39, 0.29) is 11.9 Å². The third-order valence-electron chi connectivity index (χ3n) is 2.86. The number of carbonyl (C=O) groups is 1. The predicted octanol–water partition coefficient (Wildman–Crippen LogP) is 0.563. The van der Waals surface area contributed by atoms with Gasteiger partial charge in [-0.05, 0) is 0 Å². The average Bonchev–Trinajstić information content (AvgIpc) is 2.85. The molecular weight excluding hydrogens is 264 g/mol. The lowest BCUT2D eigenvalue weighted by molar-refractivity contribution is -0.116. The van der Waals surface area contributed by atoms with Crippen molar-refractivity contribution in [2.24, 2.45) is 0 Å². The number of carbonyl (C=O) groups excluding carboxylic acids is 1. The lowest BCUT2D eigenvalue weighted by Crippen LogP contribution is -2.39. The summed E-state index contributed by atoms with van der Waals surface area (Å²) in [6, 6.07) is 2.07. The summed E-state index contributed by atoms with van der Waals surface area (Å²) in [7, 11) is 1.65. The van der Waals surface area contributed by atoms with Crippen molar-refractivity contribution in [3.05, 3.63) is 12.3 Å². The first-order valence-electron chi connectivity index (χ1n) is 6.41. The van der Waals surface area contributed by atoms with Crippen LogP contribution in [0.1, 0.15) is 6.42 Å². The minimum Gasteiger partial charge on any atom is -0.383 e. The molecule has 106 valence electrons. The quantitative estimate of drug-likeness (QED) is 0.799. The second kappa shape index (κ2) is 7.52. The molecule has 0 bridgehead atoms. The minimum absolute atomic E-state index is 0.0111. The van der Waals surface area contributed by atoms with Crippen LogP contribution in [0, 0.1) is 0 Å². The number of methoxy groups -OCH3 is 1. The number of nitrogens with one attached hydrogen (secondary N) is 2. The van der Waals surface area contributed by atoms with Crippen LogP contribution in [0.15, 0.2) is 12.3 Å². The van der Waals surface area contributed by atoms with Crippen molar-refractivity contribution in [2.45, 2.75) is 19.0 Å². The Kier molecular flexibility index (Phi) is 5.68. The minimum atomic E-state index is 0.0111. The van der Waals surface area contributed by atoms with Crippen molar-refractivity contribution in [3.63, 3.8) is 0 Å². The van der Waals surface area contributed by atoms with Gasteiger partial charge in [0, 0.05) is 49.9 Å². The number of nitrogens with zero attached hydrogens (tertiary/aromatic N) is 2. The Bertz CT molecular complexity index is 404. The molecule has 1 aromatic rings. The second-order valence-electron chi connectivity index (χ2n) is 4.44. The van der Waals surface area contributed by atoms with Gasteiger partial charge in [0.15, 0.2) is 5.82 Å². The smallest absolute Gasteiger partial charge is 0.227 e. The molecule has 1 aliphatic rings.